The first-order valence-corrected chi connectivity index (χ1v) is 18.6. The fourth-order valence-corrected chi connectivity index (χ4v) is 5.93. The van der Waals surface area contributed by atoms with E-state index >= 15 is 0 Å². The van der Waals surface area contributed by atoms with Gasteiger partial charge in [-0.1, -0.05) is 97.3 Å². The van der Waals surface area contributed by atoms with E-state index < -0.39 is 80.7 Å². The van der Waals surface area contributed by atoms with Gasteiger partial charge >= 0.3 is 5.97 Å². The van der Waals surface area contributed by atoms with Crippen LogP contribution in [0.5, 0.6) is 0 Å². The van der Waals surface area contributed by atoms with Crippen LogP contribution in [0.3, 0.4) is 0 Å². The number of aliphatic hydroxyl groups excluding tert-OH is 7. The Balaban J connectivity index is 1.88. The smallest absolute Gasteiger partial charge is 0.306 e. The van der Waals surface area contributed by atoms with Crippen molar-refractivity contribution >= 4 is 5.97 Å². The van der Waals surface area contributed by atoms with Gasteiger partial charge in [-0.15, -0.1) is 0 Å². The molecular weight excluding hydrogens is 644 g/mol. The minimum Gasteiger partial charge on any atom is -0.457 e. The highest BCUT2D eigenvalue weighted by Gasteiger charge is 2.47. The third-order valence-electron chi connectivity index (χ3n) is 9.12. The van der Waals surface area contributed by atoms with Crippen molar-refractivity contribution in [2.75, 3.05) is 33.0 Å². The fraction of sp³-hybridized carbons (Fsp3) is 0.971. The number of ether oxygens (including phenoxy) is 6. The van der Waals surface area contributed by atoms with Gasteiger partial charge in [0.05, 0.1) is 26.4 Å². The van der Waals surface area contributed by atoms with E-state index in [1.165, 1.54) is 51.4 Å². The molecule has 0 aromatic heterocycles. The average molecular weight is 711 g/mol. The molecule has 2 rings (SSSR count). The topological polar surface area (TPSA) is 214 Å². The summed E-state index contributed by atoms with van der Waals surface area (Å²) in [5.74, 6) is -0.383. The molecule has 11 atom stereocenters. The van der Waals surface area contributed by atoms with Crippen molar-refractivity contribution in [3.05, 3.63) is 0 Å². The Kier molecular flexibility index (Phi) is 23.3. The molecule has 0 radical (unpaired) electrons. The summed E-state index contributed by atoms with van der Waals surface area (Å²) in [6, 6.07) is 0. The standard InChI is InChI=1S/C35H66O14/c1-3-5-7-9-11-12-13-14-16-18-27(37)47-24(21-44-19-17-15-10-8-6-4-2)22-45-34-33(43)31(41)29(39)26(49-34)23-46-35-32(42)30(40)28(38)25(20-36)48-35/h24-26,28-36,38-43H,3-23H2,1-2H3. The van der Waals surface area contributed by atoms with Gasteiger partial charge in [0, 0.05) is 13.0 Å². The lowest BCUT2D eigenvalue weighted by Crippen LogP contribution is -2.61. The lowest BCUT2D eigenvalue weighted by Gasteiger charge is -2.42. The van der Waals surface area contributed by atoms with Crippen molar-refractivity contribution in [1.29, 1.82) is 0 Å². The number of rotatable bonds is 27. The fourth-order valence-electron chi connectivity index (χ4n) is 5.93. The van der Waals surface area contributed by atoms with Crippen LogP contribution >= 0.6 is 0 Å². The lowest BCUT2D eigenvalue weighted by atomic mass is 9.98. The molecule has 11 unspecified atom stereocenters. The minimum absolute atomic E-state index is 0.0656. The molecule has 2 aliphatic heterocycles. The Morgan fingerprint density at radius 3 is 1.65 bits per heavy atom. The molecule has 49 heavy (non-hydrogen) atoms. The van der Waals surface area contributed by atoms with E-state index in [1.54, 1.807) is 0 Å². The Labute approximate surface area is 292 Å². The normalized spacial score (nSPS) is 31.1. The summed E-state index contributed by atoms with van der Waals surface area (Å²) < 4.78 is 33.8. The summed E-state index contributed by atoms with van der Waals surface area (Å²) in [6.07, 6.45) is 0.839. The van der Waals surface area contributed by atoms with Crippen LogP contribution in [0.4, 0.5) is 0 Å². The van der Waals surface area contributed by atoms with Crippen molar-refractivity contribution in [3.63, 3.8) is 0 Å². The van der Waals surface area contributed by atoms with Gasteiger partial charge in [0.2, 0.25) is 0 Å². The highest BCUT2D eigenvalue weighted by Crippen LogP contribution is 2.26. The van der Waals surface area contributed by atoms with Crippen molar-refractivity contribution in [2.24, 2.45) is 0 Å². The summed E-state index contributed by atoms with van der Waals surface area (Å²) in [5.41, 5.74) is 0. The molecule has 14 heteroatoms. The van der Waals surface area contributed by atoms with Gasteiger partial charge < -0.3 is 64.2 Å². The Hall–Kier alpha value is -1.01. The van der Waals surface area contributed by atoms with E-state index in [1.807, 2.05) is 0 Å². The molecule has 0 amide bonds. The predicted molar refractivity (Wildman–Crippen MR) is 178 cm³/mol. The Morgan fingerprint density at radius 2 is 1.08 bits per heavy atom. The van der Waals surface area contributed by atoms with Crippen molar-refractivity contribution in [3.8, 4) is 0 Å². The molecule has 0 spiro atoms. The molecule has 290 valence electrons. The van der Waals surface area contributed by atoms with Crippen LogP contribution in [-0.2, 0) is 33.2 Å². The molecule has 7 N–H and O–H groups in total. The zero-order chi connectivity index (χ0) is 36.0. The zero-order valence-corrected chi connectivity index (χ0v) is 29.7. The van der Waals surface area contributed by atoms with Crippen LogP contribution < -0.4 is 0 Å². The van der Waals surface area contributed by atoms with E-state index in [4.69, 9.17) is 28.4 Å². The number of carbonyl (C=O) groups excluding carboxylic acids is 1. The van der Waals surface area contributed by atoms with Gasteiger partial charge in [0.15, 0.2) is 12.6 Å². The Morgan fingerprint density at radius 1 is 0.592 bits per heavy atom. The van der Waals surface area contributed by atoms with Crippen LogP contribution in [0.15, 0.2) is 0 Å². The van der Waals surface area contributed by atoms with E-state index in [9.17, 15) is 40.5 Å². The summed E-state index contributed by atoms with van der Waals surface area (Å²) in [5, 5.41) is 71.3. The molecule has 0 saturated carbocycles. The van der Waals surface area contributed by atoms with Crippen molar-refractivity contribution in [2.45, 2.75) is 184 Å². The number of carbonyl (C=O) groups is 1. The van der Waals surface area contributed by atoms with Crippen LogP contribution in [0.2, 0.25) is 0 Å². The second-order valence-corrected chi connectivity index (χ2v) is 13.4. The second kappa shape index (κ2) is 25.9. The number of hydrogen-bond donors (Lipinski definition) is 7. The van der Waals surface area contributed by atoms with Crippen LogP contribution in [0, 0.1) is 0 Å². The van der Waals surface area contributed by atoms with Crippen molar-refractivity contribution < 1.29 is 69.0 Å². The molecule has 0 aliphatic carbocycles. The van der Waals surface area contributed by atoms with Gasteiger partial charge in [-0.3, -0.25) is 4.79 Å². The Bertz CT molecular complexity index is 834. The molecule has 2 fully saturated rings. The largest absolute Gasteiger partial charge is 0.457 e. The lowest BCUT2D eigenvalue weighted by molar-refractivity contribution is -0.332. The quantitative estimate of drug-likeness (QED) is 0.0479. The highest BCUT2D eigenvalue weighted by atomic mass is 16.7. The zero-order valence-electron chi connectivity index (χ0n) is 29.7. The van der Waals surface area contributed by atoms with Crippen LogP contribution in [-0.4, -0.2) is 142 Å². The number of esters is 1. The van der Waals surface area contributed by atoms with E-state index in [-0.39, 0.29) is 25.6 Å². The van der Waals surface area contributed by atoms with E-state index in [0.29, 0.717) is 13.0 Å². The van der Waals surface area contributed by atoms with Crippen LogP contribution in [0.25, 0.3) is 0 Å². The summed E-state index contributed by atoms with van der Waals surface area (Å²) in [4.78, 5) is 12.7. The summed E-state index contributed by atoms with van der Waals surface area (Å²) in [7, 11) is 0. The van der Waals surface area contributed by atoms with Gasteiger partial charge in [-0.25, -0.2) is 0 Å². The van der Waals surface area contributed by atoms with Gasteiger partial charge in [-0.05, 0) is 12.8 Å². The van der Waals surface area contributed by atoms with Gasteiger partial charge in [0.1, 0.15) is 54.9 Å². The molecule has 0 aromatic carbocycles. The summed E-state index contributed by atoms with van der Waals surface area (Å²) in [6.45, 7) is 3.57. The maximum absolute atomic E-state index is 12.7. The first kappa shape index (κ1) is 44.2. The molecule has 0 aromatic rings. The third-order valence-corrected chi connectivity index (χ3v) is 9.12. The van der Waals surface area contributed by atoms with Crippen molar-refractivity contribution in [1.82, 2.24) is 0 Å². The molecular formula is C35H66O14. The first-order chi connectivity index (χ1) is 23.6. The second-order valence-electron chi connectivity index (χ2n) is 13.4. The van der Waals surface area contributed by atoms with Crippen LogP contribution in [0.1, 0.15) is 117 Å². The molecule has 2 heterocycles. The van der Waals surface area contributed by atoms with E-state index in [0.717, 1.165) is 38.5 Å². The SMILES string of the molecule is CCCCCCCCCCCC(=O)OC(COCCCCCCCC)COC1OC(COC2OC(CO)C(O)C(O)C2O)C(O)C(O)C1O. The third kappa shape index (κ3) is 16.5. The monoisotopic (exact) mass is 710 g/mol. The number of hydrogen-bond acceptors (Lipinski definition) is 14. The number of aliphatic hydroxyl groups is 7. The first-order valence-electron chi connectivity index (χ1n) is 18.6. The maximum Gasteiger partial charge on any atom is 0.306 e. The molecule has 14 nitrogen and oxygen atoms in total. The molecule has 2 saturated heterocycles. The van der Waals surface area contributed by atoms with E-state index in [2.05, 4.69) is 13.8 Å². The summed E-state index contributed by atoms with van der Waals surface area (Å²) >= 11 is 0. The molecule has 2 aliphatic rings. The van der Waals surface area contributed by atoms with Gasteiger partial charge in [0.25, 0.3) is 0 Å². The van der Waals surface area contributed by atoms with Gasteiger partial charge in [-0.2, -0.15) is 0 Å². The minimum atomic E-state index is -1.70. The molecule has 0 bridgehead atoms. The average Bonchev–Trinajstić information content (AvgIpc) is 3.09. The number of unbranched alkanes of at least 4 members (excludes halogenated alkanes) is 13. The predicted octanol–water partition coefficient (Wildman–Crippen LogP) is 1.84. The maximum atomic E-state index is 12.7. The highest BCUT2D eigenvalue weighted by molar-refractivity contribution is 5.69.